The van der Waals surface area contributed by atoms with Crippen LogP contribution in [0, 0.1) is 0 Å². The summed E-state index contributed by atoms with van der Waals surface area (Å²) in [4.78, 5) is 19.0. The van der Waals surface area contributed by atoms with E-state index in [0.717, 1.165) is 6.42 Å². The van der Waals surface area contributed by atoms with Crippen molar-refractivity contribution in [1.82, 2.24) is 5.32 Å². The van der Waals surface area contributed by atoms with Crippen LogP contribution >= 0.6 is 0 Å². The van der Waals surface area contributed by atoms with E-state index in [4.69, 9.17) is 10.8 Å². The summed E-state index contributed by atoms with van der Waals surface area (Å²) >= 11 is 0. The molecule has 0 saturated carbocycles. The molecule has 0 aromatic carbocycles. The lowest BCUT2D eigenvalue weighted by molar-refractivity contribution is -0.137. The summed E-state index contributed by atoms with van der Waals surface area (Å²) in [7, 11) is 0. The van der Waals surface area contributed by atoms with E-state index < -0.39 is 5.97 Å². The Labute approximate surface area is 71.9 Å². The summed E-state index contributed by atoms with van der Waals surface area (Å²) in [5.41, 5.74) is 4.99. The molecule has 12 heavy (non-hydrogen) atoms. The number of rotatable bonds is 5. The summed E-state index contributed by atoms with van der Waals surface area (Å²) in [6.07, 6.45) is 1.65. The number of nitrogens with two attached hydrogens (primary N) is 1. The third-order valence-electron chi connectivity index (χ3n) is 0.836. The Kier molecular flexibility index (Phi) is 14.1. The van der Waals surface area contributed by atoms with E-state index in [1.807, 2.05) is 6.92 Å². The number of carbonyl (C=O) groups is 2. The Hall–Kier alpha value is -1.10. The molecule has 0 unspecified atom stereocenters. The van der Waals surface area contributed by atoms with Crippen molar-refractivity contribution in [1.29, 1.82) is 0 Å². The zero-order valence-electron chi connectivity index (χ0n) is 7.25. The van der Waals surface area contributed by atoms with E-state index in [1.54, 1.807) is 0 Å². The number of amides is 1. The number of nitrogens with one attached hydrogen (secondary N) is 1. The highest BCUT2D eigenvalue weighted by Gasteiger charge is 1.87. The van der Waals surface area contributed by atoms with Gasteiger partial charge in [0.15, 0.2) is 0 Å². The first kappa shape index (κ1) is 13.5. The molecule has 0 aliphatic rings. The van der Waals surface area contributed by atoms with Crippen molar-refractivity contribution in [3.05, 3.63) is 0 Å². The summed E-state index contributed by atoms with van der Waals surface area (Å²) in [5, 5.41) is 10.3. The van der Waals surface area contributed by atoms with Gasteiger partial charge in [0.2, 0.25) is 6.41 Å². The van der Waals surface area contributed by atoms with Crippen LogP contribution in [-0.2, 0) is 9.59 Å². The van der Waals surface area contributed by atoms with Crippen LogP contribution in [0.3, 0.4) is 0 Å². The molecule has 72 valence electrons. The lowest BCUT2D eigenvalue weighted by atomic mass is 10.4. The minimum absolute atomic E-state index is 0.292. The number of aliphatic carboxylic acids is 1. The molecule has 0 heterocycles. The molecule has 0 rings (SSSR count). The largest absolute Gasteiger partial charge is 0.481 e. The second-order valence-electron chi connectivity index (χ2n) is 2.00. The van der Waals surface area contributed by atoms with Gasteiger partial charge in [0.25, 0.3) is 0 Å². The summed E-state index contributed by atoms with van der Waals surface area (Å²) < 4.78 is 0. The molecular formula is C7H16N2O3. The van der Waals surface area contributed by atoms with Gasteiger partial charge >= 0.3 is 5.97 Å². The zero-order chi connectivity index (χ0) is 9.82. The van der Waals surface area contributed by atoms with Crippen molar-refractivity contribution < 1.29 is 14.7 Å². The SMILES string of the molecule is CCCC(=O)O.NCCNC=O. The van der Waals surface area contributed by atoms with Crippen molar-refractivity contribution in [2.75, 3.05) is 13.1 Å². The van der Waals surface area contributed by atoms with Crippen LogP contribution in [0.2, 0.25) is 0 Å². The summed E-state index contributed by atoms with van der Waals surface area (Å²) in [5.74, 6) is -0.711. The fourth-order valence-electron chi connectivity index (χ4n) is 0.356. The molecule has 0 bridgehead atoms. The Balaban J connectivity index is 0. The third-order valence-corrected chi connectivity index (χ3v) is 0.836. The second kappa shape index (κ2) is 12.6. The van der Waals surface area contributed by atoms with Gasteiger partial charge in [-0.1, -0.05) is 6.92 Å². The minimum atomic E-state index is -0.711. The van der Waals surface area contributed by atoms with Gasteiger partial charge < -0.3 is 16.2 Å². The number of carboxylic acids is 1. The first-order chi connectivity index (χ1) is 5.68. The van der Waals surface area contributed by atoms with E-state index in [-0.39, 0.29) is 0 Å². The van der Waals surface area contributed by atoms with Crippen LogP contribution in [0.5, 0.6) is 0 Å². The first-order valence-corrected chi connectivity index (χ1v) is 3.77. The number of carbonyl (C=O) groups excluding carboxylic acids is 1. The highest BCUT2D eigenvalue weighted by atomic mass is 16.4. The minimum Gasteiger partial charge on any atom is -0.481 e. The topological polar surface area (TPSA) is 92.4 Å². The smallest absolute Gasteiger partial charge is 0.303 e. The maximum atomic E-state index is 9.60. The monoisotopic (exact) mass is 176 g/mol. The van der Waals surface area contributed by atoms with Crippen molar-refractivity contribution in [2.45, 2.75) is 19.8 Å². The highest BCUT2D eigenvalue weighted by Crippen LogP contribution is 1.82. The Bertz CT molecular complexity index is 117. The molecule has 0 saturated heterocycles. The van der Waals surface area contributed by atoms with Crippen LogP contribution in [0.4, 0.5) is 0 Å². The molecule has 0 radical (unpaired) electrons. The molecule has 0 fully saturated rings. The van der Waals surface area contributed by atoms with Crippen molar-refractivity contribution in [3.63, 3.8) is 0 Å². The van der Waals surface area contributed by atoms with Crippen LogP contribution in [0.25, 0.3) is 0 Å². The zero-order valence-corrected chi connectivity index (χ0v) is 7.25. The lowest BCUT2D eigenvalue weighted by Crippen LogP contribution is -2.20. The van der Waals surface area contributed by atoms with Crippen molar-refractivity contribution >= 4 is 12.4 Å². The van der Waals surface area contributed by atoms with Gasteiger partial charge in [0.1, 0.15) is 0 Å². The summed E-state index contributed by atoms with van der Waals surface area (Å²) in [6, 6.07) is 0. The van der Waals surface area contributed by atoms with Crippen LogP contribution in [0.15, 0.2) is 0 Å². The Morgan fingerprint density at radius 3 is 2.33 bits per heavy atom. The maximum absolute atomic E-state index is 9.60. The number of hydrogen-bond donors (Lipinski definition) is 3. The molecule has 5 nitrogen and oxygen atoms in total. The molecule has 1 amide bonds. The van der Waals surface area contributed by atoms with E-state index in [1.165, 1.54) is 0 Å². The van der Waals surface area contributed by atoms with E-state index >= 15 is 0 Å². The quantitative estimate of drug-likeness (QED) is 0.391. The highest BCUT2D eigenvalue weighted by molar-refractivity contribution is 5.66. The average molecular weight is 176 g/mol. The third kappa shape index (κ3) is 23.1. The standard InChI is InChI=1S/C4H8O2.C3H8N2O/c1-2-3-4(5)6;4-1-2-5-3-6/h2-3H2,1H3,(H,5,6);3H,1-2,4H2,(H,5,6). The lowest BCUT2D eigenvalue weighted by Gasteiger charge is -1.86. The predicted molar refractivity (Wildman–Crippen MR) is 45.7 cm³/mol. The predicted octanol–water partition coefficient (Wildman–Crippen LogP) is -0.438. The van der Waals surface area contributed by atoms with E-state index in [2.05, 4.69) is 5.32 Å². The van der Waals surface area contributed by atoms with Crippen LogP contribution in [-0.4, -0.2) is 30.6 Å². The van der Waals surface area contributed by atoms with Gasteiger partial charge in [0.05, 0.1) is 0 Å². The fraction of sp³-hybridized carbons (Fsp3) is 0.714. The Morgan fingerprint density at radius 2 is 2.25 bits per heavy atom. The average Bonchev–Trinajstić information content (AvgIpc) is 2.02. The van der Waals surface area contributed by atoms with Gasteiger partial charge in [-0.25, -0.2) is 0 Å². The molecule has 0 spiro atoms. The summed E-state index contributed by atoms with van der Waals surface area (Å²) in [6.45, 7) is 2.93. The molecular weight excluding hydrogens is 160 g/mol. The van der Waals surface area contributed by atoms with Crippen LogP contribution < -0.4 is 11.1 Å². The molecule has 0 aliphatic heterocycles. The molecule has 5 heteroatoms. The van der Waals surface area contributed by atoms with Gasteiger partial charge in [0, 0.05) is 19.5 Å². The van der Waals surface area contributed by atoms with Crippen molar-refractivity contribution in [2.24, 2.45) is 5.73 Å². The first-order valence-electron chi connectivity index (χ1n) is 3.77. The van der Waals surface area contributed by atoms with Crippen LogP contribution in [0.1, 0.15) is 19.8 Å². The molecule has 0 aliphatic carbocycles. The number of hydrogen-bond acceptors (Lipinski definition) is 3. The normalized spacial score (nSPS) is 7.83. The fourth-order valence-corrected chi connectivity index (χ4v) is 0.356. The van der Waals surface area contributed by atoms with Crippen molar-refractivity contribution in [3.8, 4) is 0 Å². The maximum Gasteiger partial charge on any atom is 0.303 e. The molecule has 4 N–H and O–H groups in total. The van der Waals surface area contributed by atoms with Gasteiger partial charge in [-0.2, -0.15) is 0 Å². The molecule has 0 aromatic heterocycles. The molecule has 0 aromatic rings. The second-order valence-corrected chi connectivity index (χ2v) is 2.00. The van der Waals surface area contributed by atoms with E-state index in [0.29, 0.717) is 25.9 Å². The number of carboxylic acid groups (broad SMARTS) is 1. The van der Waals surface area contributed by atoms with Gasteiger partial charge in [-0.15, -0.1) is 0 Å². The van der Waals surface area contributed by atoms with Gasteiger partial charge in [-0.05, 0) is 6.42 Å². The Morgan fingerprint density at radius 1 is 1.67 bits per heavy atom. The van der Waals surface area contributed by atoms with E-state index in [9.17, 15) is 9.59 Å². The molecule has 0 atom stereocenters. The van der Waals surface area contributed by atoms with Gasteiger partial charge in [-0.3, -0.25) is 9.59 Å².